The van der Waals surface area contributed by atoms with Gasteiger partial charge in [-0.15, -0.1) is 0 Å². The van der Waals surface area contributed by atoms with Crippen molar-refractivity contribution in [3.63, 3.8) is 0 Å². The second-order valence-corrected chi connectivity index (χ2v) is 5.27. The molecule has 0 saturated carbocycles. The smallest absolute Gasteiger partial charge is 0.315 e. The first-order valence-electron chi connectivity index (χ1n) is 7.04. The zero-order valence-corrected chi connectivity index (χ0v) is 12.1. The molecule has 1 aliphatic rings. The van der Waals surface area contributed by atoms with Crippen LogP contribution in [0, 0.1) is 0 Å². The van der Waals surface area contributed by atoms with Gasteiger partial charge in [-0.2, -0.15) is 13.2 Å². The van der Waals surface area contributed by atoms with Crippen molar-refractivity contribution in [2.45, 2.75) is 38.4 Å². The van der Waals surface area contributed by atoms with Crippen LogP contribution in [0.25, 0.3) is 0 Å². The predicted octanol–water partition coefficient (Wildman–Crippen LogP) is 3.20. The molecule has 1 unspecified atom stereocenters. The van der Waals surface area contributed by atoms with E-state index < -0.39 is 12.2 Å². The second kappa shape index (κ2) is 6.05. The molecule has 0 bridgehead atoms. The average Bonchev–Trinajstić information content (AvgIpc) is 2.42. The summed E-state index contributed by atoms with van der Waals surface area (Å²) in [6.07, 6.45) is -2.87. The van der Waals surface area contributed by atoms with E-state index in [-0.39, 0.29) is 11.5 Å². The summed E-state index contributed by atoms with van der Waals surface area (Å²) in [6.45, 7) is 2.13. The number of benzene rings is 1. The van der Waals surface area contributed by atoms with Crippen molar-refractivity contribution in [1.29, 1.82) is 0 Å². The second-order valence-electron chi connectivity index (χ2n) is 5.27. The fourth-order valence-corrected chi connectivity index (χ4v) is 2.57. The maximum Gasteiger partial charge on any atom is 0.407 e. The molecular weight excluding hydrogens is 281 g/mol. The molecule has 1 aromatic carbocycles. The van der Waals surface area contributed by atoms with E-state index in [2.05, 4.69) is 5.32 Å². The van der Waals surface area contributed by atoms with Crippen LogP contribution in [0.2, 0.25) is 0 Å². The van der Waals surface area contributed by atoms with E-state index in [1.807, 2.05) is 6.92 Å². The molecular formula is C15H19F3N2O. The highest BCUT2D eigenvalue weighted by molar-refractivity contribution is 5.95. The molecule has 0 radical (unpaired) electrons. The van der Waals surface area contributed by atoms with Gasteiger partial charge in [-0.05, 0) is 36.6 Å². The van der Waals surface area contributed by atoms with Crippen molar-refractivity contribution >= 4 is 11.6 Å². The van der Waals surface area contributed by atoms with Crippen LogP contribution in [0.3, 0.4) is 0 Å². The zero-order valence-electron chi connectivity index (χ0n) is 12.1. The van der Waals surface area contributed by atoms with Crippen molar-refractivity contribution in [3.05, 3.63) is 29.3 Å². The standard InChI is InChI=1S/C15H19F3N2O/c1-3-8-19-14(15(16,17)18)11-4-6-12-10(9-11)5-7-13(21)20(12)2/h4,6,9,14,19H,3,5,7-8H2,1-2H3. The maximum atomic E-state index is 13.2. The quantitative estimate of drug-likeness (QED) is 0.926. The van der Waals surface area contributed by atoms with Crippen LogP contribution in [0.5, 0.6) is 0 Å². The third kappa shape index (κ3) is 3.37. The third-order valence-corrected chi connectivity index (χ3v) is 3.71. The summed E-state index contributed by atoms with van der Waals surface area (Å²) in [7, 11) is 1.65. The van der Waals surface area contributed by atoms with Crippen molar-refractivity contribution < 1.29 is 18.0 Å². The molecule has 0 spiro atoms. The van der Waals surface area contributed by atoms with E-state index in [0.717, 1.165) is 5.56 Å². The average molecular weight is 300 g/mol. The van der Waals surface area contributed by atoms with E-state index in [0.29, 0.717) is 31.5 Å². The third-order valence-electron chi connectivity index (χ3n) is 3.71. The molecule has 1 heterocycles. The molecule has 1 atom stereocenters. The number of carbonyl (C=O) groups is 1. The summed E-state index contributed by atoms with van der Waals surface area (Å²) in [6, 6.07) is 2.97. The van der Waals surface area contributed by atoms with Crippen LogP contribution >= 0.6 is 0 Å². The largest absolute Gasteiger partial charge is 0.407 e. The van der Waals surface area contributed by atoms with E-state index in [1.165, 1.54) is 11.0 Å². The van der Waals surface area contributed by atoms with Gasteiger partial charge in [-0.25, -0.2) is 0 Å². The first-order valence-corrected chi connectivity index (χ1v) is 7.04. The van der Waals surface area contributed by atoms with Crippen molar-refractivity contribution in [2.24, 2.45) is 0 Å². The molecule has 0 saturated heterocycles. The van der Waals surface area contributed by atoms with E-state index in [1.54, 1.807) is 19.2 Å². The van der Waals surface area contributed by atoms with Gasteiger partial charge in [0.1, 0.15) is 6.04 Å². The Kier molecular flexibility index (Phi) is 4.56. The summed E-state index contributed by atoms with van der Waals surface area (Å²) in [5, 5.41) is 2.55. The summed E-state index contributed by atoms with van der Waals surface area (Å²) in [5.74, 6) is -0.00766. The van der Waals surface area contributed by atoms with Gasteiger partial charge in [0.2, 0.25) is 5.91 Å². The molecule has 3 nitrogen and oxygen atoms in total. The Labute approximate surface area is 122 Å². The molecule has 0 fully saturated rings. The number of nitrogens with zero attached hydrogens (tertiary/aromatic N) is 1. The van der Waals surface area contributed by atoms with Gasteiger partial charge in [0.25, 0.3) is 0 Å². The molecule has 1 aromatic rings. The number of fused-ring (bicyclic) bond motifs is 1. The molecule has 1 aliphatic heterocycles. The topological polar surface area (TPSA) is 32.3 Å². The van der Waals surface area contributed by atoms with Crippen LogP contribution in [0.15, 0.2) is 18.2 Å². The van der Waals surface area contributed by atoms with E-state index in [9.17, 15) is 18.0 Å². The lowest BCUT2D eigenvalue weighted by molar-refractivity contribution is -0.157. The number of rotatable bonds is 4. The normalized spacial score (nSPS) is 16.8. The van der Waals surface area contributed by atoms with Crippen molar-refractivity contribution in [1.82, 2.24) is 5.32 Å². The monoisotopic (exact) mass is 300 g/mol. The molecule has 2 rings (SSSR count). The van der Waals surface area contributed by atoms with Gasteiger partial charge in [-0.3, -0.25) is 4.79 Å². The molecule has 6 heteroatoms. The highest BCUT2D eigenvalue weighted by atomic mass is 19.4. The van der Waals surface area contributed by atoms with Gasteiger partial charge < -0.3 is 10.2 Å². The lowest BCUT2D eigenvalue weighted by Crippen LogP contribution is -2.35. The first-order chi connectivity index (χ1) is 9.84. The SMILES string of the molecule is CCCNC(c1ccc2c(c1)CCC(=O)N2C)C(F)(F)F. The molecule has 1 N–H and O–H groups in total. The Morgan fingerprint density at radius 1 is 1.33 bits per heavy atom. The number of carbonyl (C=O) groups excluding carboxylic acids is 1. The minimum atomic E-state index is -4.33. The molecule has 21 heavy (non-hydrogen) atoms. The summed E-state index contributed by atoms with van der Waals surface area (Å²) in [5.41, 5.74) is 1.70. The first kappa shape index (κ1) is 15.8. The van der Waals surface area contributed by atoms with Crippen LogP contribution in [-0.4, -0.2) is 25.7 Å². The zero-order chi connectivity index (χ0) is 15.6. The highest BCUT2D eigenvalue weighted by Gasteiger charge is 2.40. The Hall–Kier alpha value is -1.56. The summed E-state index contributed by atoms with van der Waals surface area (Å²) < 4.78 is 39.5. The number of alkyl halides is 3. The van der Waals surface area contributed by atoms with Crippen molar-refractivity contribution in [3.8, 4) is 0 Å². The van der Waals surface area contributed by atoms with Crippen LogP contribution in [-0.2, 0) is 11.2 Å². The number of nitrogens with one attached hydrogen (secondary N) is 1. The Morgan fingerprint density at radius 3 is 2.67 bits per heavy atom. The molecule has 0 aliphatic carbocycles. The van der Waals surface area contributed by atoms with Gasteiger partial charge >= 0.3 is 6.18 Å². The van der Waals surface area contributed by atoms with Gasteiger partial charge in [0.15, 0.2) is 0 Å². The van der Waals surface area contributed by atoms with Gasteiger partial charge in [-0.1, -0.05) is 19.1 Å². The van der Waals surface area contributed by atoms with Gasteiger partial charge in [0.05, 0.1) is 0 Å². The maximum absolute atomic E-state index is 13.2. The fourth-order valence-electron chi connectivity index (χ4n) is 2.57. The number of amides is 1. The number of aryl methyl sites for hydroxylation is 1. The summed E-state index contributed by atoms with van der Waals surface area (Å²) >= 11 is 0. The number of halogens is 3. The number of hydrogen-bond donors (Lipinski definition) is 1. The lowest BCUT2D eigenvalue weighted by atomic mass is 9.96. The highest BCUT2D eigenvalue weighted by Crippen LogP contribution is 2.36. The van der Waals surface area contributed by atoms with E-state index in [4.69, 9.17) is 0 Å². The van der Waals surface area contributed by atoms with Gasteiger partial charge in [0, 0.05) is 19.2 Å². The molecule has 116 valence electrons. The number of hydrogen-bond acceptors (Lipinski definition) is 2. The van der Waals surface area contributed by atoms with Crippen LogP contribution < -0.4 is 10.2 Å². The molecule has 0 aromatic heterocycles. The number of anilines is 1. The van der Waals surface area contributed by atoms with Crippen molar-refractivity contribution in [2.75, 3.05) is 18.5 Å². The predicted molar refractivity (Wildman–Crippen MR) is 75.3 cm³/mol. The Morgan fingerprint density at radius 2 is 2.05 bits per heavy atom. The minimum Gasteiger partial charge on any atom is -0.315 e. The molecule has 1 amide bonds. The Bertz CT molecular complexity index is 528. The van der Waals surface area contributed by atoms with Crippen LogP contribution in [0.1, 0.15) is 36.9 Å². The summed E-state index contributed by atoms with van der Waals surface area (Å²) in [4.78, 5) is 13.1. The van der Waals surface area contributed by atoms with E-state index >= 15 is 0 Å². The fraction of sp³-hybridized carbons (Fsp3) is 0.533. The van der Waals surface area contributed by atoms with Crippen LogP contribution in [0.4, 0.5) is 18.9 Å². The minimum absolute atomic E-state index is 0.00766. The Balaban J connectivity index is 2.33. The lowest BCUT2D eigenvalue weighted by Gasteiger charge is -2.28.